The first-order valence-corrected chi connectivity index (χ1v) is 11.1. The van der Waals surface area contributed by atoms with Crippen molar-refractivity contribution >= 4 is 39.1 Å². The van der Waals surface area contributed by atoms with E-state index in [1.54, 1.807) is 11.3 Å². The highest BCUT2D eigenvalue weighted by atomic mass is 32.1. The molecular weight excluding hydrogens is 396 g/mol. The summed E-state index contributed by atoms with van der Waals surface area (Å²) in [4.78, 5) is 31.3. The number of rotatable bonds is 10. The zero-order valence-corrected chi connectivity index (χ0v) is 18.3. The predicted molar refractivity (Wildman–Crippen MR) is 123 cm³/mol. The molecule has 2 amide bonds. The lowest BCUT2D eigenvalue weighted by molar-refractivity contribution is -0.123. The standard InChI is InChI=1S/C23H28N4O2S/c1-3-14-27(16-22(29)25-18-9-5-4-8-17(18)2)15-21(28)24-13-12-23-26-19-10-6-7-11-20(19)30-23/h4-11H,3,12-16H2,1-2H3,(H,24,28)(H,25,29). The second kappa shape index (κ2) is 10.8. The molecule has 2 N–H and O–H groups in total. The minimum atomic E-state index is -0.111. The van der Waals surface area contributed by atoms with E-state index in [4.69, 9.17) is 0 Å². The van der Waals surface area contributed by atoms with Crippen LogP contribution in [0.15, 0.2) is 48.5 Å². The molecule has 1 heterocycles. The Morgan fingerprint density at radius 1 is 1.03 bits per heavy atom. The Labute approximate surface area is 181 Å². The van der Waals surface area contributed by atoms with Gasteiger partial charge in [-0.05, 0) is 43.7 Å². The van der Waals surface area contributed by atoms with E-state index >= 15 is 0 Å². The minimum Gasteiger partial charge on any atom is -0.355 e. The van der Waals surface area contributed by atoms with Gasteiger partial charge in [0, 0.05) is 18.7 Å². The molecule has 0 radical (unpaired) electrons. The first-order valence-electron chi connectivity index (χ1n) is 10.2. The van der Waals surface area contributed by atoms with Crippen LogP contribution in [0.3, 0.4) is 0 Å². The van der Waals surface area contributed by atoms with Crippen molar-refractivity contribution in [3.8, 4) is 0 Å². The zero-order chi connectivity index (χ0) is 21.3. The van der Waals surface area contributed by atoms with Crippen LogP contribution in [0.2, 0.25) is 0 Å². The Hall–Kier alpha value is -2.77. The fourth-order valence-electron chi connectivity index (χ4n) is 3.23. The van der Waals surface area contributed by atoms with Gasteiger partial charge >= 0.3 is 0 Å². The lowest BCUT2D eigenvalue weighted by atomic mass is 10.2. The highest BCUT2D eigenvalue weighted by Gasteiger charge is 2.15. The van der Waals surface area contributed by atoms with Crippen LogP contribution in [0.4, 0.5) is 5.69 Å². The summed E-state index contributed by atoms with van der Waals surface area (Å²) in [6.45, 7) is 5.61. The molecule has 0 saturated heterocycles. The normalized spacial score (nSPS) is 11.0. The summed E-state index contributed by atoms with van der Waals surface area (Å²) in [7, 11) is 0. The first-order chi connectivity index (χ1) is 14.5. The molecule has 3 rings (SSSR count). The number of carbonyl (C=O) groups excluding carboxylic acids is 2. The summed E-state index contributed by atoms with van der Waals surface area (Å²) in [5.74, 6) is -0.187. The number of hydrogen-bond donors (Lipinski definition) is 2. The molecule has 0 atom stereocenters. The maximum Gasteiger partial charge on any atom is 0.238 e. The third-order valence-corrected chi connectivity index (χ3v) is 5.79. The summed E-state index contributed by atoms with van der Waals surface area (Å²) < 4.78 is 1.16. The Morgan fingerprint density at radius 3 is 2.53 bits per heavy atom. The number of anilines is 1. The number of carbonyl (C=O) groups is 2. The average Bonchev–Trinajstić information content (AvgIpc) is 3.12. The monoisotopic (exact) mass is 424 g/mol. The van der Waals surface area contributed by atoms with Crippen molar-refractivity contribution in [2.75, 3.05) is 31.5 Å². The van der Waals surface area contributed by atoms with Crippen molar-refractivity contribution in [1.29, 1.82) is 0 Å². The van der Waals surface area contributed by atoms with E-state index in [1.165, 1.54) is 0 Å². The molecule has 0 spiro atoms. The molecule has 0 aliphatic heterocycles. The van der Waals surface area contributed by atoms with Crippen LogP contribution in [0.1, 0.15) is 23.9 Å². The molecule has 6 nitrogen and oxygen atoms in total. The number of amides is 2. The Bertz CT molecular complexity index is 969. The molecule has 0 bridgehead atoms. The zero-order valence-electron chi connectivity index (χ0n) is 17.5. The number of aromatic nitrogens is 1. The molecule has 3 aromatic rings. The second-order valence-corrected chi connectivity index (χ2v) is 8.36. The predicted octanol–water partition coefficient (Wildman–Crippen LogP) is 3.61. The van der Waals surface area contributed by atoms with E-state index in [2.05, 4.69) is 21.7 Å². The van der Waals surface area contributed by atoms with Gasteiger partial charge in [0.05, 0.1) is 28.3 Å². The quantitative estimate of drug-likeness (QED) is 0.521. The van der Waals surface area contributed by atoms with Crippen molar-refractivity contribution in [2.24, 2.45) is 0 Å². The largest absolute Gasteiger partial charge is 0.355 e. The Morgan fingerprint density at radius 2 is 1.77 bits per heavy atom. The van der Waals surface area contributed by atoms with Gasteiger partial charge in [0.15, 0.2) is 0 Å². The van der Waals surface area contributed by atoms with Crippen LogP contribution in [-0.2, 0) is 16.0 Å². The maximum atomic E-state index is 12.4. The third-order valence-electron chi connectivity index (χ3n) is 4.69. The Balaban J connectivity index is 1.45. The van der Waals surface area contributed by atoms with Crippen LogP contribution >= 0.6 is 11.3 Å². The molecule has 7 heteroatoms. The van der Waals surface area contributed by atoms with Gasteiger partial charge < -0.3 is 10.6 Å². The van der Waals surface area contributed by atoms with Crippen molar-refractivity contribution < 1.29 is 9.59 Å². The highest BCUT2D eigenvalue weighted by molar-refractivity contribution is 7.18. The molecule has 30 heavy (non-hydrogen) atoms. The van der Waals surface area contributed by atoms with Gasteiger partial charge in [-0.25, -0.2) is 4.98 Å². The Kier molecular flexibility index (Phi) is 7.93. The van der Waals surface area contributed by atoms with Crippen molar-refractivity contribution in [3.63, 3.8) is 0 Å². The maximum absolute atomic E-state index is 12.4. The SMILES string of the molecule is CCCN(CC(=O)NCCc1nc2ccccc2s1)CC(=O)Nc1ccccc1C. The van der Waals surface area contributed by atoms with Gasteiger partial charge in [-0.2, -0.15) is 0 Å². The van der Waals surface area contributed by atoms with E-state index < -0.39 is 0 Å². The number of thiazole rings is 1. The molecule has 0 fully saturated rings. The third kappa shape index (κ3) is 6.37. The molecule has 0 aliphatic rings. The number of nitrogens with one attached hydrogen (secondary N) is 2. The number of benzene rings is 2. The van der Waals surface area contributed by atoms with Gasteiger partial charge in [0.2, 0.25) is 11.8 Å². The van der Waals surface area contributed by atoms with Gasteiger partial charge in [-0.1, -0.05) is 37.3 Å². The van der Waals surface area contributed by atoms with Gasteiger partial charge in [0.1, 0.15) is 0 Å². The summed E-state index contributed by atoms with van der Waals surface area (Å²) >= 11 is 1.66. The van der Waals surface area contributed by atoms with Crippen LogP contribution in [0, 0.1) is 6.92 Å². The molecule has 0 unspecified atom stereocenters. The first kappa shape index (κ1) is 21.9. The molecule has 1 aromatic heterocycles. The summed E-state index contributed by atoms with van der Waals surface area (Å²) in [6, 6.07) is 15.7. The van der Waals surface area contributed by atoms with Gasteiger partial charge in [-0.15, -0.1) is 11.3 Å². The summed E-state index contributed by atoms with van der Waals surface area (Å²) in [5.41, 5.74) is 2.82. The molecule has 2 aromatic carbocycles. The number of para-hydroxylation sites is 2. The number of aryl methyl sites for hydroxylation is 1. The van der Waals surface area contributed by atoms with Gasteiger partial charge in [0.25, 0.3) is 0 Å². The fourth-order valence-corrected chi connectivity index (χ4v) is 4.20. The lowest BCUT2D eigenvalue weighted by Crippen LogP contribution is -2.42. The number of nitrogens with zero attached hydrogens (tertiary/aromatic N) is 2. The molecule has 158 valence electrons. The topological polar surface area (TPSA) is 74.3 Å². The number of hydrogen-bond acceptors (Lipinski definition) is 5. The van der Waals surface area contributed by atoms with E-state index in [0.717, 1.165) is 32.9 Å². The van der Waals surface area contributed by atoms with Crippen molar-refractivity contribution in [1.82, 2.24) is 15.2 Å². The lowest BCUT2D eigenvalue weighted by Gasteiger charge is -2.21. The smallest absolute Gasteiger partial charge is 0.238 e. The average molecular weight is 425 g/mol. The summed E-state index contributed by atoms with van der Waals surface area (Å²) in [6.07, 6.45) is 1.57. The van der Waals surface area contributed by atoms with E-state index in [9.17, 15) is 9.59 Å². The van der Waals surface area contributed by atoms with E-state index in [0.29, 0.717) is 19.5 Å². The van der Waals surface area contributed by atoms with Crippen LogP contribution in [0.25, 0.3) is 10.2 Å². The molecule has 0 saturated carbocycles. The second-order valence-electron chi connectivity index (χ2n) is 7.25. The van der Waals surface area contributed by atoms with Crippen LogP contribution in [-0.4, -0.2) is 47.9 Å². The summed E-state index contributed by atoms with van der Waals surface area (Å²) in [5, 5.41) is 6.89. The highest BCUT2D eigenvalue weighted by Crippen LogP contribution is 2.21. The molecule has 0 aliphatic carbocycles. The minimum absolute atomic E-state index is 0.0757. The van der Waals surface area contributed by atoms with Gasteiger partial charge in [-0.3, -0.25) is 14.5 Å². The fraction of sp³-hybridized carbons (Fsp3) is 0.348. The van der Waals surface area contributed by atoms with Crippen LogP contribution in [0.5, 0.6) is 0 Å². The van der Waals surface area contributed by atoms with Crippen molar-refractivity contribution in [3.05, 3.63) is 59.1 Å². The van der Waals surface area contributed by atoms with E-state index in [-0.39, 0.29) is 24.9 Å². The number of fused-ring (bicyclic) bond motifs is 1. The van der Waals surface area contributed by atoms with Crippen molar-refractivity contribution in [2.45, 2.75) is 26.7 Å². The van der Waals surface area contributed by atoms with Crippen LogP contribution < -0.4 is 10.6 Å². The molecular formula is C23H28N4O2S. The van der Waals surface area contributed by atoms with E-state index in [1.807, 2.05) is 61.2 Å².